The number of nitrogens with zero attached hydrogens (tertiary/aromatic N) is 3. The maximum Gasteiger partial charge on any atom is 0.194 e. The van der Waals surface area contributed by atoms with Crippen molar-refractivity contribution in [1.82, 2.24) is 14.8 Å². The van der Waals surface area contributed by atoms with Crippen LogP contribution in [-0.4, -0.2) is 35.8 Å². The van der Waals surface area contributed by atoms with E-state index < -0.39 is 0 Å². The highest BCUT2D eigenvalue weighted by Gasteiger charge is 2.08. The minimum absolute atomic E-state index is 0.777. The molecule has 1 aromatic carbocycles. The summed E-state index contributed by atoms with van der Waals surface area (Å²) in [6, 6.07) is 12.8. The van der Waals surface area contributed by atoms with Crippen molar-refractivity contribution in [3.05, 3.63) is 53.9 Å². The van der Waals surface area contributed by atoms with Gasteiger partial charge in [0.05, 0.1) is 6.54 Å². The third-order valence-corrected chi connectivity index (χ3v) is 4.38. The molecule has 0 aliphatic rings. The van der Waals surface area contributed by atoms with Crippen LogP contribution in [0.3, 0.4) is 0 Å². The Hall–Kier alpha value is -1.88. The van der Waals surface area contributed by atoms with E-state index in [1.54, 1.807) is 11.8 Å². The monoisotopic (exact) mass is 316 g/mol. The van der Waals surface area contributed by atoms with Crippen LogP contribution in [0.2, 0.25) is 0 Å². The van der Waals surface area contributed by atoms with Crippen molar-refractivity contribution in [2.24, 2.45) is 12.0 Å². The highest BCUT2D eigenvalue weighted by molar-refractivity contribution is 7.98. The third kappa shape index (κ3) is 4.31. The smallest absolute Gasteiger partial charge is 0.194 e. The van der Waals surface area contributed by atoms with E-state index in [4.69, 9.17) is 0 Å². The van der Waals surface area contributed by atoms with Gasteiger partial charge in [0.15, 0.2) is 5.96 Å². The van der Waals surface area contributed by atoms with E-state index in [-0.39, 0.29) is 0 Å². The molecule has 0 aliphatic heterocycles. The first-order valence-corrected chi connectivity index (χ1v) is 8.51. The van der Waals surface area contributed by atoms with E-state index in [1.807, 2.05) is 7.05 Å². The number of rotatable bonds is 5. The third-order valence-electron chi connectivity index (χ3n) is 3.63. The molecule has 1 heterocycles. The van der Waals surface area contributed by atoms with Crippen molar-refractivity contribution in [2.75, 3.05) is 20.4 Å². The van der Waals surface area contributed by atoms with E-state index in [9.17, 15) is 0 Å². The van der Waals surface area contributed by atoms with Gasteiger partial charge in [-0.05, 0) is 36.1 Å². The second kappa shape index (κ2) is 7.94. The molecule has 0 atom stereocenters. The second-order valence-electron chi connectivity index (χ2n) is 5.22. The average molecular weight is 316 g/mol. The number of thioether (sulfide) groups is 1. The van der Waals surface area contributed by atoms with Crippen LogP contribution in [0.25, 0.3) is 0 Å². The first-order valence-electron chi connectivity index (χ1n) is 7.29. The number of hydrogen-bond donors (Lipinski definition) is 1. The summed E-state index contributed by atoms with van der Waals surface area (Å²) in [6.07, 6.45) is 4.15. The molecule has 0 saturated heterocycles. The minimum Gasteiger partial charge on any atom is -0.353 e. The standard InChI is InChI=1S/C17H24N4S/c1-18-17(21(3)13-15-6-5-11-20(15)2)19-12-14-7-9-16(22-4)10-8-14/h5-11H,12-13H2,1-4H3,(H,18,19). The van der Waals surface area contributed by atoms with Gasteiger partial charge in [0.1, 0.15) is 0 Å². The molecule has 2 rings (SSSR count). The summed E-state index contributed by atoms with van der Waals surface area (Å²) >= 11 is 1.76. The Labute approximate surface area is 137 Å². The van der Waals surface area contributed by atoms with Gasteiger partial charge >= 0.3 is 0 Å². The molecule has 118 valence electrons. The Morgan fingerprint density at radius 3 is 2.55 bits per heavy atom. The molecular weight excluding hydrogens is 292 g/mol. The summed E-state index contributed by atoms with van der Waals surface area (Å²) in [7, 11) is 5.94. The molecule has 1 N–H and O–H groups in total. The zero-order valence-corrected chi connectivity index (χ0v) is 14.5. The molecule has 2 aromatic rings. The van der Waals surface area contributed by atoms with Crippen LogP contribution in [-0.2, 0) is 20.1 Å². The number of nitrogens with one attached hydrogen (secondary N) is 1. The highest BCUT2D eigenvalue weighted by atomic mass is 32.2. The van der Waals surface area contributed by atoms with Crippen LogP contribution >= 0.6 is 11.8 Å². The van der Waals surface area contributed by atoms with E-state index in [0.29, 0.717) is 0 Å². The maximum absolute atomic E-state index is 4.37. The molecule has 5 heteroatoms. The summed E-state index contributed by atoms with van der Waals surface area (Å²) < 4.78 is 2.13. The fraction of sp³-hybridized carbons (Fsp3) is 0.353. The van der Waals surface area contributed by atoms with Gasteiger partial charge < -0.3 is 14.8 Å². The van der Waals surface area contributed by atoms with Crippen LogP contribution in [0.15, 0.2) is 52.5 Å². The molecule has 0 aliphatic carbocycles. The van der Waals surface area contributed by atoms with Crippen LogP contribution in [0, 0.1) is 0 Å². The molecule has 0 spiro atoms. The number of aryl methyl sites for hydroxylation is 1. The molecule has 22 heavy (non-hydrogen) atoms. The summed E-state index contributed by atoms with van der Waals surface area (Å²) in [5.74, 6) is 0.898. The van der Waals surface area contributed by atoms with Gasteiger partial charge in [-0.3, -0.25) is 4.99 Å². The molecule has 0 saturated carbocycles. The summed E-state index contributed by atoms with van der Waals surface area (Å²) in [6.45, 7) is 1.60. The quantitative estimate of drug-likeness (QED) is 0.523. The molecular formula is C17H24N4S. The van der Waals surface area contributed by atoms with Crippen molar-refractivity contribution in [2.45, 2.75) is 18.0 Å². The summed E-state index contributed by atoms with van der Waals surface area (Å²) in [4.78, 5) is 7.78. The van der Waals surface area contributed by atoms with Crippen LogP contribution in [0.1, 0.15) is 11.3 Å². The van der Waals surface area contributed by atoms with Gasteiger partial charge in [-0.2, -0.15) is 0 Å². The topological polar surface area (TPSA) is 32.6 Å². The zero-order chi connectivity index (χ0) is 15.9. The van der Waals surface area contributed by atoms with Crippen LogP contribution < -0.4 is 5.32 Å². The largest absolute Gasteiger partial charge is 0.353 e. The van der Waals surface area contributed by atoms with Gasteiger partial charge in [0, 0.05) is 44.5 Å². The van der Waals surface area contributed by atoms with Crippen molar-refractivity contribution < 1.29 is 0 Å². The Morgan fingerprint density at radius 1 is 1.27 bits per heavy atom. The van der Waals surface area contributed by atoms with Gasteiger partial charge in [0.25, 0.3) is 0 Å². The second-order valence-corrected chi connectivity index (χ2v) is 6.09. The maximum atomic E-state index is 4.37. The first-order chi connectivity index (χ1) is 10.6. The van der Waals surface area contributed by atoms with Crippen molar-refractivity contribution >= 4 is 17.7 Å². The number of guanidine groups is 1. The summed E-state index contributed by atoms with van der Waals surface area (Å²) in [5.41, 5.74) is 2.51. The molecule has 0 amide bonds. The Bertz CT molecular complexity index is 616. The van der Waals surface area contributed by atoms with E-state index >= 15 is 0 Å². The lowest BCUT2D eigenvalue weighted by Gasteiger charge is -2.22. The predicted octanol–water partition coefficient (Wildman–Crippen LogP) is 2.95. The fourth-order valence-corrected chi connectivity index (χ4v) is 2.70. The predicted molar refractivity (Wildman–Crippen MR) is 95.3 cm³/mol. The normalized spacial score (nSPS) is 11.5. The molecule has 0 fully saturated rings. The highest BCUT2D eigenvalue weighted by Crippen LogP contribution is 2.14. The lowest BCUT2D eigenvalue weighted by atomic mass is 10.2. The SMILES string of the molecule is CN=C(NCc1ccc(SC)cc1)N(C)Cc1cccn1C. The fourth-order valence-electron chi connectivity index (χ4n) is 2.29. The number of aliphatic imine (C=N–C) groups is 1. The zero-order valence-electron chi connectivity index (χ0n) is 13.7. The average Bonchev–Trinajstić information content (AvgIpc) is 2.93. The molecule has 0 radical (unpaired) electrons. The van der Waals surface area contributed by atoms with Crippen molar-refractivity contribution in [3.8, 4) is 0 Å². The Kier molecular flexibility index (Phi) is 5.95. The number of hydrogen-bond acceptors (Lipinski definition) is 2. The Balaban J connectivity index is 1.92. The molecule has 4 nitrogen and oxygen atoms in total. The van der Waals surface area contributed by atoms with Crippen LogP contribution in [0.4, 0.5) is 0 Å². The molecule has 0 unspecified atom stereocenters. The molecule has 1 aromatic heterocycles. The van der Waals surface area contributed by atoms with Gasteiger partial charge in [-0.1, -0.05) is 12.1 Å². The van der Waals surface area contributed by atoms with Crippen molar-refractivity contribution in [3.63, 3.8) is 0 Å². The van der Waals surface area contributed by atoms with Crippen molar-refractivity contribution in [1.29, 1.82) is 0 Å². The van der Waals surface area contributed by atoms with E-state index in [0.717, 1.165) is 19.0 Å². The van der Waals surface area contributed by atoms with E-state index in [2.05, 4.69) is 82.7 Å². The van der Waals surface area contributed by atoms with Gasteiger partial charge in [0.2, 0.25) is 0 Å². The lowest BCUT2D eigenvalue weighted by molar-refractivity contribution is 0.461. The number of aromatic nitrogens is 1. The summed E-state index contributed by atoms with van der Waals surface area (Å²) in [5, 5.41) is 3.41. The first kappa shape index (κ1) is 16.5. The van der Waals surface area contributed by atoms with Crippen LogP contribution in [0.5, 0.6) is 0 Å². The van der Waals surface area contributed by atoms with Gasteiger partial charge in [-0.15, -0.1) is 11.8 Å². The lowest BCUT2D eigenvalue weighted by Crippen LogP contribution is -2.38. The molecule has 0 bridgehead atoms. The van der Waals surface area contributed by atoms with Gasteiger partial charge in [-0.25, -0.2) is 0 Å². The number of benzene rings is 1. The Morgan fingerprint density at radius 2 is 2.00 bits per heavy atom. The minimum atomic E-state index is 0.777. The van der Waals surface area contributed by atoms with E-state index in [1.165, 1.54) is 16.2 Å².